The number of ether oxygens (including phenoxy) is 1. The molecule has 4 amide bonds. The summed E-state index contributed by atoms with van der Waals surface area (Å²) in [5.41, 5.74) is -0.839. The highest BCUT2D eigenvalue weighted by molar-refractivity contribution is 6.32. The molecule has 5 rings (SSSR count). The number of amides is 4. The van der Waals surface area contributed by atoms with Crippen LogP contribution in [0.25, 0.3) is 0 Å². The van der Waals surface area contributed by atoms with Crippen LogP contribution in [0, 0.1) is 11.3 Å². The van der Waals surface area contributed by atoms with Crippen molar-refractivity contribution in [1.29, 1.82) is 5.26 Å². The van der Waals surface area contributed by atoms with Crippen LogP contribution in [0.5, 0.6) is 11.5 Å². The van der Waals surface area contributed by atoms with Crippen molar-refractivity contribution in [3.8, 4) is 17.6 Å². The molecule has 0 aliphatic carbocycles. The maximum Gasteiger partial charge on any atom is 0.417 e. The third kappa shape index (κ3) is 7.38. The van der Waals surface area contributed by atoms with Gasteiger partial charge in [-0.2, -0.15) is 18.4 Å². The van der Waals surface area contributed by atoms with E-state index in [4.69, 9.17) is 10.00 Å². The maximum absolute atomic E-state index is 13.4. The number of unbranched alkanes of at least 4 members (excludes halogenated alkanes) is 1. The van der Waals surface area contributed by atoms with Crippen LogP contribution in [0.4, 0.5) is 29.3 Å². The molecular formula is C34H32F3N5O4. The van der Waals surface area contributed by atoms with Gasteiger partial charge in [0.15, 0.2) is 0 Å². The Morgan fingerprint density at radius 3 is 2.24 bits per heavy atom. The van der Waals surface area contributed by atoms with Gasteiger partial charge in [-0.1, -0.05) is 18.2 Å². The van der Waals surface area contributed by atoms with E-state index in [0.717, 1.165) is 29.7 Å². The zero-order valence-corrected chi connectivity index (χ0v) is 25.1. The predicted molar refractivity (Wildman–Crippen MR) is 165 cm³/mol. The summed E-state index contributed by atoms with van der Waals surface area (Å²) in [6, 6.07) is 20.7. The van der Waals surface area contributed by atoms with Crippen LogP contribution >= 0.6 is 0 Å². The number of alkyl halides is 3. The second-order valence-electron chi connectivity index (χ2n) is 11.0. The second-order valence-corrected chi connectivity index (χ2v) is 11.0. The lowest BCUT2D eigenvalue weighted by Gasteiger charge is -2.34. The summed E-state index contributed by atoms with van der Waals surface area (Å²) in [7, 11) is 0. The molecule has 2 heterocycles. The summed E-state index contributed by atoms with van der Waals surface area (Å²) in [5.74, 6) is 0.0853. The number of nitrogens with zero attached hydrogens (tertiary/aromatic N) is 4. The average molecular weight is 632 g/mol. The first-order chi connectivity index (χ1) is 22.0. The molecule has 1 N–H and O–H groups in total. The van der Waals surface area contributed by atoms with Gasteiger partial charge in [-0.3, -0.25) is 14.5 Å². The van der Waals surface area contributed by atoms with E-state index in [9.17, 15) is 27.6 Å². The average Bonchev–Trinajstić information content (AvgIpc) is 3.26. The van der Waals surface area contributed by atoms with Gasteiger partial charge >= 0.3 is 12.2 Å². The number of benzene rings is 3. The Morgan fingerprint density at radius 1 is 0.913 bits per heavy atom. The number of rotatable bonds is 9. The summed E-state index contributed by atoms with van der Waals surface area (Å²) in [5, 5.41) is 12.0. The van der Waals surface area contributed by atoms with E-state index in [2.05, 4.69) is 10.2 Å². The van der Waals surface area contributed by atoms with Crippen LogP contribution in [0.3, 0.4) is 0 Å². The van der Waals surface area contributed by atoms with Crippen LogP contribution in [0.15, 0.2) is 83.9 Å². The summed E-state index contributed by atoms with van der Waals surface area (Å²) >= 11 is 0. The van der Waals surface area contributed by atoms with Crippen LogP contribution in [0.1, 0.15) is 37.3 Å². The van der Waals surface area contributed by atoms with Crippen molar-refractivity contribution in [2.45, 2.75) is 32.4 Å². The molecule has 46 heavy (non-hydrogen) atoms. The number of carbonyl (C=O) groups is 3. The van der Waals surface area contributed by atoms with E-state index in [1.807, 2.05) is 30.3 Å². The van der Waals surface area contributed by atoms with Gasteiger partial charge in [0.2, 0.25) is 0 Å². The molecule has 1 saturated heterocycles. The third-order valence-electron chi connectivity index (χ3n) is 8.02. The van der Waals surface area contributed by atoms with Crippen LogP contribution in [0.2, 0.25) is 0 Å². The van der Waals surface area contributed by atoms with Crippen LogP contribution in [-0.4, -0.2) is 60.4 Å². The number of anilines is 2. The molecule has 0 aromatic heterocycles. The molecule has 9 nitrogen and oxygen atoms in total. The number of piperazine rings is 1. The van der Waals surface area contributed by atoms with E-state index >= 15 is 0 Å². The van der Waals surface area contributed by atoms with Gasteiger partial charge in [-0.25, -0.2) is 9.69 Å². The molecule has 1 fully saturated rings. The number of hydrogen-bond acceptors (Lipinski definition) is 6. The molecular weight excluding hydrogens is 599 g/mol. The minimum atomic E-state index is -4.81. The summed E-state index contributed by atoms with van der Waals surface area (Å²) in [6.07, 6.45) is -3.16. The van der Waals surface area contributed by atoms with E-state index in [1.165, 1.54) is 19.1 Å². The normalized spacial score (nSPS) is 15.7. The highest BCUT2D eigenvalue weighted by Crippen LogP contribution is 2.37. The second kappa shape index (κ2) is 13.9. The van der Waals surface area contributed by atoms with Crippen molar-refractivity contribution < 1.29 is 32.3 Å². The van der Waals surface area contributed by atoms with E-state index < -0.39 is 29.1 Å². The molecule has 3 aromatic carbocycles. The Labute approximate surface area is 264 Å². The zero-order valence-electron chi connectivity index (χ0n) is 25.1. The minimum Gasteiger partial charge on any atom is -0.457 e. The first-order valence-corrected chi connectivity index (χ1v) is 14.9. The fourth-order valence-corrected chi connectivity index (χ4v) is 5.46. The van der Waals surface area contributed by atoms with Crippen molar-refractivity contribution in [2.24, 2.45) is 0 Å². The number of carbonyl (C=O) groups excluding carboxylic acids is 3. The first kappa shape index (κ1) is 32.2. The number of hydrogen-bond donors (Lipinski definition) is 1. The van der Waals surface area contributed by atoms with Crippen molar-refractivity contribution in [2.75, 3.05) is 42.9 Å². The van der Waals surface area contributed by atoms with Gasteiger partial charge in [0.1, 0.15) is 11.5 Å². The van der Waals surface area contributed by atoms with Gasteiger partial charge < -0.3 is 15.0 Å². The standard InChI is InChI=1S/C34H32F3N5O4/c1-23-29(32(44)42(31(23)43)26-13-10-24(22-38)30(21-26)34(35,36)37)9-5-6-16-40-17-19-41(20-18-40)33(45)39-25-11-14-28(15-12-25)46-27-7-3-2-4-8-27/h2-4,7-8,10-15,21H,5-6,9,16-20H2,1H3,(H,39,45). The van der Waals surface area contributed by atoms with Gasteiger partial charge in [0, 0.05) is 43.0 Å². The number of halogens is 3. The Bertz CT molecular complexity index is 1680. The molecule has 0 radical (unpaired) electrons. The largest absolute Gasteiger partial charge is 0.457 e. The van der Waals surface area contributed by atoms with Gasteiger partial charge in [0.25, 0.3) is 11.8 Å². The van der Waals surface area contributed by atoms with Crippen LogP contribution < -0.4 is 15.0 Å². The third-order valence-corrected chi connectivity index (χ3v) is 8.02. The summed E-state index contributed by atoms with van der Waals surface area (Å²) in [6.45, 7) is 4.71. The van der Waals surface area contributed by atoms with Crippen molar-refractivity contribution in [3.63, 3.8) is 0 Å². The maximum atomic E-state index is 13.4. The quantitative estimate of drug-likeness (QED) is 0.211. The highest BCUT2D eigenvalue weighted by Gasteiger charge is 2.39. The van der Waals surface area contributed by atoms with E-state index in [0.29, 0.717) is 56.5 Å². The predicted octanol–water partition coefficient (Wildman–Crippen LogP) is 6.58. The van der Waals surface area contributed by atoms with Crippen molar-refractivity contribution in [3.05, 3.63) is 95.1 Å². The fraction of sp³-hybridized carbons (Fsp3) is 0.294. The molecule has 2 aliphatic heterocycles. The number of para-hydroxylation sites is 1. The molecule has 0 spiro atoms. The Kier molecular flexibility index (Phi) is 9.72. The Hall–Kier alpha value is -5.15. The number of urea groups is 1. The lowest BCUT2D eigenvalue weighted by molar-refractivity contribution is -0.138. The van der Waals surface area contributed by atoms with Crippen molar-refractivity contribution >= 4 is 29.2 Å². The fourth-order valence-electron chi connectivity index (χ4n) is 5.46. The molecule has 238 valence electrons. The highest BCUT2D eigenvalue weighted by atomic mass is 19.4. The number of nitrogens with one attached hydrogen (secondary N) is 1. The molecule has 0 atom stereocenters. The van der Waals surface area contributed by atoms with E-state index in [-0.39, 0.29) is 22.9 Å². The van der Waals surface area contributed by atoms with Crippen LogP contribution in [-0.2, 0) is 15.8 Å². The molecule has 0 saturated carbocycles. The smallest absolute Gasteiger partial charge is 0.417 e. The lowest BCUT2D eigenvalue weighted by atomic mass is 10.0. The summed E-state index contributed by atoms with van der Waals surface area (Å²) in [4.78, 5) is 43.5. The van der Waals surface area contributed by atoms with Gasteiger partial charge in [-0.15, -0.1) is 0 Å². The first-order valence-electron chi connectivity index (χ1n) is 14.9. The van der Waals surface area contributed by atoms with Gasteiger partial charge in [0.05, 0.1) is 22.9 Å². The number of imide groups is 1. The molecule has 0 unspecified atom stereocenters. The molecule has 0 bridgehead atoms. The molecule has 2 aliphatic rings. The molecule has 3 aromatic rings. The van der Waals surface area contributed by atoms with Crippen molar-refractivity contribution in [1.82, 2.24) is 9.80 Å². The SMILES string of the molecule is CC1=C(CCCCN2CCN(C(=O)Nc3ccc(Oc4ccccc4)cc3)CC2)C(=O)N(c2ccc(C#N)c(C(F)(F)F)c2)C1=O. The minimum absolute atomic E-state index is 0.183. The lowest BCUT2D eigenvalue weighted by Crippen LogP contribution is -2.50. The zero-order chi connectivity index (χ0) is 32.8. The monoisotopic (exact) mass is 631 g/mol. The Balaban J connectivity index is 1.05. The number of nitriles is 1. The Morgan fingerprint density at radius 2 is 1.59 bits per heavy atom. The summed E-state index contributed by atoms with van der Waals surface area (Å²) < 4.78 is 46.1. The topological polar surface area (TPSA) is 106 Å². The molecule has 12 heteroatoms. The van der Waals surface area contributed by atoms with Gasteiger partial charge in [-0.05, 0) is 87.3 Å². The van der Waals surface area contributed by atoms with E-state index in [1.54, 1.807) is 29.2 Å².